The number of hydrogen-bond acceptors (Lipinski definition) is 36. The van der Waals surface area contributed by atoms with Crippen LogP contribution in [0, 0.1) is 32.5 Å². The quantitative estimate of drug-likeness (QED) is 0.0290. The summed E-state index contributed by atoms with van der Waals surface area (Å²) in [6, 6.07) is 17.4. The number of carbonyl (C=O) groups is 14. The van der Waals surface area contributed by atoms with Crippen molar-refractivity contribution in [2.45, 2.75) is 82.5 Å². The van der Waals surface area contributed by atoms with E-state index < -0.39 is 196 Å². The van der Waals surface area contributed by atoms with Crippen LogP contribution in [0.25, 0.3) is 0 Å². The van der Waals surface area contributed by atoms with Gasteiger partial charge in [-0.2, -0.15) is 0 Å². The molecule has 0 aliphatic heterocycles. The maximum absolute atomic E-state index is 13.6. The fraction of sp³-hybridized carbons (Fsp3) is 0.683. The fourth-order valence-corrected chi connectivity index (χ4v) is 9.44. The lowest BCUT2D eigenvalue weighted by Gasteiger charge is -2.32. The molecule has 0 N–H and O–H groups in total. The van der Waals surface area contributed by atoms with E-state index in [0.29, 0.717) is 42.0 Å². The molecule has 0 heterocycles. The van der Waals surface area contributed by atoms with Crippen LogP contribution in [-0.4, -0.2) is 364 Å². The maximum Gasteiger partial charge on any atom is 0.508 e. The molecule has 0 fully saturated rings. The molecule has 0 saturated carbocycles. The minimum absolute atomic E-state index is 0. The van der Waals surface area contributed by atoms with Gasteiger partial charge in [0.1, 0.15) is 165 Å². The Balaban J connectivity index is -0.00000218. The molecule has 124 heavy (non-hydrogen) atoms. The van der Waals surface area contributed by atoms with E-state index in [2.05, 4.69) is 38.0 Å². The van der Waals surface area contributed by atoms with E-state index in [1.54, 1.807) is 60.7 Å². The number of esters is 10. The van der Waals surface area contributed by atoms with Gasteiger partial charge in [0.25, 0.3) is 0 Å². The predicted octanol–water partition coefficient (Wildman–Crippen LogP) is 0.799. The molecule has 0 aliphatic rings. The van der Waals surface area contributed by atoms with Crippen molar-refractivity contribution in [1.29, 1.82) is 0 Å². The van der Waals surface area contributed by atoms with Gasteiger partial charge in [0.05, 0.1) is 41.3 Å². The molecule has 0 bridgehead atoms. The lowest BCUT2D eigenvalue weighted by atomic mass is 9.93. The van der Waals surface area contributed by atoms with Crippen LogP contribution in [0.5, 0.6) is 0 Å². The summed E-state index contributed by atoms with van der Waals surface area (Å²) in [5.41, 5.74) is -8.78. The number of hydrogen-bond donors (Lipinski definition) is 0. The van der Waals surface area contributed by atoms with E-state index in [1.165, 1.54) is 41.5 Å². The van der Waals surface area contributed by atoms with Gasteiger partial charge in [-0.25, -0.2) is 19.2 Å². The summed E-state index contributed by atoms with van der Waals surface area (Å²) in [7, 11) is 24.2. The van der Waals surface area contributed by atoms with Crippen LogP contribution in [0.2, 0.25) is 0 Å². The fourth-order valence-electron chi connectivity index (χ4n) is 9.00. The summed E-state index contributed by atoms with van der Waals surface area (Å²) in [5, 5.41) is 0. The molecule has 42 heteroatoms. The summed E-state index contributed by atoms with van der Waals surface area (Å²) >= 11 is 3.99. The molecule has 0 spiro atoms. The average molecular weight is 2220 g/mol. The van der Waals surface area contributed by atoms with Crippen molar-refractivity contribution in [3.8, 4) is 0 Å². The highest BCUT2D eigenvalue weighted by molar-refractivity contribution is 14.1. The molecular formula is C82H132I4N6O32. The number of alkyl halides is 2. The van der Waals surface area contributed by atoms with E-state index in [-0.39, 0.29) is 87.6 Å². The van der Waals surface area contributed by atoms with Gasteiger partial charge in [-0.05, 0) is 109 Å². The molecule has 0 radical (unpaired) electrons. The molecule has 0 saturated heterocycles. The third-order valence-electron chi connectivity index (χ3n) is 17.6. The molecular weight excluding hydrogens is 2090 g/mol. The Kier molecular flexibility index (Phi) is 60.7. The molecule has 0 aromatic heterocycles. The Morgan fingerprint density at radius 3 is 0.645 bits per heavy atom. The Morgan fingerprint density at radius 2 is 0.460 bits per heavy atom. The van der Waals surface area contributed by atoms with E-state index >= 15 is 0 Å². The van der Waals surface area contributed by atoms with Gasteiger partial charge in [-0.1, -0.05) is 106 Å². The largest absolute Gasteiger partial charge is 1.00 e. The summed E-state index contributed by atoms with van der Waals surface area (Å²) < 4.78 is 96.2. The van der Waals surface area contributed by atoms with Gasteiger partial charge >= 0.3 is 84.3 Å². The number of likely N-dealkylation sites (N-methyl/N-ethyl adjacent to an activating group) is 6. The second-order valence-electron chi connectivity index (χ2n) is 32.8. The molecule has 4 atom stereocenters. The molecule has 0 amide bonds. The van der Waals surface area contributed by atoms with Crippen LogP contribution in [0.4, 0.5) is 19.2 Å². The predicted molar refractivity (Wildman–Crippen MR) is 456 cm³/mol. The first kappa shape index (κ1) is 121. The standard InChI is InChI=1S/C44H74N4O16.C32H42I2O16.C6H16N2.2HI/c1-34(49)59-28-42(3,37(51)56-25-23-47(10,11)21-19-45(6)7)30-61-40(54)63-32-44(5,39(53)58-27-36-17-15-14-16-18-36)33-64-41(55)62-31-43(4,29-60-35(2)50)38(52)57-26-24-48(12,13)22-20-46(8)9;1-22(35)45-16-30(3,25(37)42-13-11-33)18-47-28(40)49-20-32(5,27(39)44-15-24-9-7-6-8-10-24)21-50-29(41)48-19-31(4,17-46-23(2)36)26(38)43-14-12-34;1-7(2)5-6-8(3)4;;/h14-18H,19-33H2,1-13H3;6-10H,11-21H2,1-5H3;5-6H2,1-4H3;2*1H/q+2;;;;/p-2. The Labute approximate surface area is 790 Å². The van der Waals surface area contributed by atoms with Crippen LogP contribution in [0.15, 0.2) is 60.7 Å². The number of nitrogens with zero attached hydrogens (tertiary/aromatic N) is 6. The number of benzene rings is 2. The molecule has 2 aromatic rings. The van der Waals surface area contributed by atoms with E-state index in [0.717, 1.165) is 67.0 Å². The SMILES string of the molecule is CC(=O)OCC(C)(COC(=O)OCC(C)(COC(=O)OCC(C)(COC(C)=O)C(=O)OCCI)C(=O)OCc1ccccc1)C(=O)OCCI.CC(=O)OCC(C)(COC(=O)OCC(C)(COC(=O)OCC(C)(COC(C)=O)C(=O)OCC[N+](C)(C)CCN(C)C)C(=O)OCc1ccccc1)C(=O)OCC[N+](C)(C)CCN(C)C.CN(C)CCN(C)C.[I-].[I-]. The van der Waals surface area contributed by atoms with Crippen molar-refractivity contribution in [2.75, 3.05) is 251 Å². The normalized spacial score (nSPS) is 13.9. The van der Waals surface area contributed by atoms with Gasteiger partial charge < -0.3 is 162 Å². The van der Waals surface area contributed by atoms with Crippen LogP contribution < -0.4 is 48.0 Å². The van der Waals surface area contributed by atoms with Gasteiger partial charge in [0.2, 0.25) is 0 Å². The van der Waals surface area contributed by atoms with Crippen molar-refractivity contribution in [3.05, 3.63) is 71.8 Å². The molecule has 0 aliphatic carbocycles. The maximum atomic E-state index is 13.6. The monoisotopic (exact) mass is 2220 g/mol. The number of carbonyl (C=O) groups excluding carboxylic acids is 14. The zero-order chi connectivity index (χ0) is 93.1. The van der Waals surface area contributed by atoms with Gasteiger partial charge in [0, 0.05) is 62.7 Å². The number of ether oxygens (including phenoxy) is 18. The second kappa shape index (κ2) is 62.2. The van der Waals surface area contributed by atoms with Crippen LogP contribution in [0.3, 0.4) is 0 Å². The van der Waals surface area contributed by atoms with Crippen molar-refractivity contribution >= 4 is 129 Å². The first-order valence-electron chi connectivity index (χ1n) is 38.9. The summed E-state index contributed by atoms with van der Waals surface area (Å²) in [4.78, 5) is 185. The van der Waals surface area contributed by atoms with Crippen molar-refractivity contribution in [1.82, 2.24) is 19.6 Å². The summed E-state index contributed by atoms with van der Waals surface area (Å²) in [5.74, 6) is -7.69. The topological polar surface area (TPSA) is 418 Å². The van der Waals surface area contributed by atoms with Crippen LogP contribution >= 0.6 is 45.2 Å². The van der Waals surface area contributed by atoms with Crippen LogP contribution in [0.1, 0.15) is 80.4 Å². The first-order chi connectivity index (χ1) is 56.7. The molecule has 4 unspecified atom stereocenters. The molecule has 710 valence electrons. The summed E-state index contributed by atoms with van der Waals surface area (Å²) in [6.45, 7) is 11.8. The van der Waals surface area contributed by atoms with Crippen molar-refractivity contribution < 1.29 is 209 Å². The Bertz CT molecular complexity index is 3420. The minimum Gasteiger partial charge on any atom is -1.00 e. The lowest BCUT2D eigenvalue weighted by molar-refractivity contribution is -0.889. The highest BCUT2D eigenvalue weighted by atomic mass is 127. The highest BCUT2D eigenvalue weighted by Gasteiger charge is 2.46. The van der Waals surface area contributed by atoms with E-state index in [4.69, 9.17) is 85.3 Å². The average Bonchev–Trinajstić information content (AvgIpc) is 0.831. The molecule has 2 rings (SSSR count). The van der Waals surface area contributed by atoms with Crippen LogP contribution in [-0.2, 0) is 146 Å². The Morgan fingerprint density at radius 1 is 0.274 bits per heavy atom. The van der Waals surface area contributed by atoms with Crippen molar-refractivity contribution in [3.63, 3.8) is 0 Å². The summed E-state index contributed by atoms with van der Waals surface area (Å²) in [6.07, 6.45) is -5.24. The highest BCUT2D eigenvalue weighted by Crippen LogP contribution is 2.29. The van der Waals surface area contributed by atoms with Gasteiger partial charge in [-0.3, -0.25) is 47.9 Å². The number of quaternary nitrogens is 2. The zero-order valence-corrected chi connectivity index (χ0v) is 84.5. The number of rotatable bonds is 53. The van der Waals surface area contributed by atoms with Gasteiger partial charge in [-0.15, -0.1) is 0 Å². The third kappa shape index (κ3) is 54.2. The second-order valence-corrected chi connectivity index (χ2v) is 35.0. The van der Waals surface area contributed by atoms with E-state index in [9.17, 15) is 67.1 Å². The first-order valence-corrected chi connectivity index (χ1v) is 42.0. The van der Waals surface area contributed by atoms with E-state index in [1.807, 2.05) is 111 Å². The molecule has 2 aromatic carbocycles. The Hall–Kier alpha value is -7.10. The minimum atomic E-state index is -1.85. The third-order valence-corrected chi connectivity index (χ3v) is 18.5. The lowest BCUT2D eigenvalue weighted by Crippen LogP contribution is -3.00. The smallest absolute Gasteiger partial charge is 0.508 e. The molecule has 38 nitrogen and oxygen atoms in total. The number of halogens is 4. The van der Waals surface area contributed by atoms with Gasteiger partial charge in [0.15, 0.2) is 0 Å². The zero-order valence-electron chi connectivity index (χ0n) is 75.8. The van der Waals surface area contributed by atoms with Crippen molar-refractivity contribution in [2.24, 2.45) is 32.5 Å².